The van der Waals surface area contributed by atoms with Crippen LogP contribution < -0.4 is 10.6 Å². The molecule has 0 spiro atoms. The summed E-state index contributed by atoms with van der Waals surface area (Å²) >= 11 is 0. The van der Waals surface area contributed by atoms with Gasteiger partial charge in [-0.2, -0.15) is 0 Å². The van der Waals surface area contributed by atoms with Gasteiger partial charge in [-0.25, -0.2) is 19.6 Å². The van der Waals surface area contributed by atoms with Gasteiger partial charge < -0.3 is 40.2 Å². The second kappa shape index (κ2) is 17.1. The Kier molecular flexibility index (Phi) is 11.6. The number of carboxylic acid groups (broad SMARTS) is 1. The van der Waals surface area contributed by atoms with Gasteiger partial charge in [0.05, 0.1) is 43.0 Å². The van der Waals surface area contributed by atoms with Crippen molar-refractivity contribution >= 4 is 24.0 Å². The molecule has 15 nitrogen and oxygen atoms in total. The Morgan fingerprint density at radius 1 is 0.754 bits per heavy atom. The Hall–Kier alpha value is -6.51. The van der Waals surface area contributed by atoms with Crippen LogP contribution in [-0.4, -0.2) is 96.1 Å². The summed E-state index contributed by atoms with van der Waals surface area (Å²) in [5.41, 5.74) is 6.46. The van der Waals surface area contributed by atoms with Gasteiger partial charge in [-0.1, -0.05) is 62.4 Å². The van der Waals surface area contributed by atoms with Crippen LogP contribution >= 0.6 is 0 Å². The van der Waals surface area contributed by atoms with Gasteiger partial charge in [0.25, 0.3) is 0 Å². The van der Waals surface area contributed by atoms with E-state index >= 15 is 0 Å². The topological polar surface area (TPSA) is 199 Å². The lowest BCUT2D eigenvalue weighted by molar-refractivity contribution is -0.135. The number of alkyl carbamates (subject to hydrolysis) is 1. The van der Waals surface area contributed by atoms with Gasteiger partial charge in [-0.05, 0) is 71.6 Å². The van der Waals surface area contributed by atoms with Gasteiger partial charge in [-0.15, -0.1) is 0 Å². The summed E-state index contributed by atoms with van der Waals surface area (Å²) in [6, 6.07) is 17.8. The van der Waals surface area contributed by atoms with Gasteiger partial charge in [0.1, 0.15) is 23.7 Å². The number of benzene rings is 2. The molecule has 5 aromatic rings. The van der Waals surface area contributed by atoms with Gasteiger partial charge in [0.2, 0.25) is 11.8 Å². The number of methoxy groups -OCH3 is 1. The Balaban J connectivity index is 0.998. The van der Waals surface area contributed by atoms with Crippen molar-refractivity contribution in [2.75, 3.05) is 20.2 Å². The molecule has 0 radical (unpaired) electrons. The molecule has 0 saturated carbocycles. The van der Waals surface area contributed by atoms with Crippen LogP contribution in [0.5, 0.6) is 0 Å². The summed E-state index contributed by atoms with van der Waals surface area (Å²) in [5.74, 6) is 0.838. The van der Waals surface area contributed by atoms with E-state index in [1.807, 2.05) is 38.1 Å². The molecule has 5 heterocycles. The zero-order valence-corrected chi connectivity index (χ0v) is 32.1. The number of nitrogens with one attached hydrogen (secondary N) is 4. The highest BCUT2D eigenvalue weighted by Gasteiger charge is 2.38. The van der Waals surface area contributed by atoms with E-state index < -0.39 is 24.3 Å². The Morgan fingerprint density at radius 3 is 1.72 bits per heavy atom. The van der Waals surface area contributed by atoms with E-state index in [-0.39, 0.29) is 36.2 Å². The Morgan fingerprint density at radius 2 is 1.25 bits per heavy atom. The number of aromatic nitrogens is 5. The summed E-state index contributed by atoms with van der Waals surface area (Å²) in [5, 5.41) is 14.6. The molecule has 0 bridgehead atoms. The zero-order chi connectivity index (χ0) is 40.1. The van der Waals surface area contributed by atoms with Gasteiger partial charge >= 0.3 is 12.2 Å². The molecule has 0 aliphatic carbocycles. The minimum atomic E-state index is -1.25. The molecule has 2 aromatic carbocycles. The predicted molar refractivity (Wildman–Crippen MR) is 211 cm³/mol. The van der Waals surface area contributed by atoms with Crippen LogP contribution in [0.3, 0.4) is 0 Å². The lowest BCUT2D eigenvalue weighted by Gasteiger charge is -2.30. The average molecular weight is 774 g/mol. The second-order valence-electron chi connectivity index (χ2n) is 14.8. The molecule has 2 aliphatic rings. The third-order valence-electron chi connectivity index (χ3n) is 10.8. The van der Waals surface area contributed by atoms with E-state index in [2.05, 4.69) is 59.8 Å². The molecule has 4 atom stereocenters. The standard InChI is InChI=1S/C42H47N9O6/c1-25(2)36(49-42(56)57-3)40(53)51-21-5-7-35(51)38-45-24-33(47-38)30-14-10-28(11-15-30)27-8-12-29(13-9-27)32-23-44-37(46-32)34-6-4-20-50(34)39(52)31(48-41(54)55)22-26-16-18-43-19-17-26/h8-19,23-25,31,34-36,48H,4-7,20-22H2,1-3H3,(H,44,46)(H,45,47)(H,49,56)(H,54,55)/t31-,34-,35-,36-/m0/s1. The number of H-pyrrole nitrogens is 2. The number of carbonyl (C=O) groups excluding carboxylic acids is 3. The zero-order valence-electron chi connectivity index (χ0n) is 32.1. The average Bonchev–Trinajstić information content (AvgIpc) is 4.06. The van der Waals surface area contributed by atoms with Gasteiger partial charge in [0, 0.05) is 31.9 Å². The van der Waals surface area contributed by atoms with Crippen molar-refractivity contribution in [2.45, 2.75) is 70.1 Å². The molecule has 3 aromatic heterocycles. The third kappa shape index (κ3) is 8.67. The first-order valence-electron chi connectivity index (χ1n) is 19.2. The summed E-state index contributed by atoms with van der Waals surface area (Å²) in [6.45, 7) is 4.89. The van der Waals surface area contributed by atoms with Crippen molar-refractivity contribution in [3.63, 3.8) is 0 Å². The fourth-order valence-electron chi connectivity index (χ4n) is 7.80. The van der Waals surface area contributed by atoms with Gasteiger partial charge in [0.15, 0.2) is 0 Å². The van der Waals surface area contributed by atoms with Crippen molar-refractivity contribution < 1.29 is 29.0 Å². The van der Waals surface area contributed by atoms with E-state index in [9.17, 15) is 24.3 Å². The molecule has 296 valence electrons. The van der Waals surface area contributed by atoms with Crippen LogP contribution in [0.2, 0.25) is 0 Å². The lowest BCUT2D eigenvalue weighted by Crippen LogP contribution is -2.51. The van der Waals surface area contributed by atoms with Crippen LogP contribution in [0, 0.1) is 5.92 Å². The summed E-state index contributed by atoms with van der Waals surface area (Å²) in [7, 11) is 1.28. The van der Waals surface area contributed by atoms with Crippen molar-refractivity contribution in [1.82, 2.24) is 45.4 Å². The first-order chi connectivity index (χ1) is 27.6. The van der Waals surface area contributed by atoms with Crippen LogP contribution in [0.1, 0.15) is 68.8 Å². The molecular formula is C42H47N9O6. The molecule has 2 aliphatic heterocycles. The van der Waals surface area contributed by atoms with E-state index in [4.69, 9.17) is 4.74 Å². The van der Waals surface area contributed by atoms with E-state index in [1.54, 1.807) is 46.7 Å². The number of imidazole rings is 2. The van der Waals surface area contributed by atoms with Crippen LogP contribution in [0.15, 0.2) is 85.5 Å². The molecule has 5 N–H and O–H groups in total. The number of amides is 4. The SMILES string of the molecule is COC(=O)N[C@H](C(=O)N1CCC[C@H]1c1ncc(-c2ccc(-c3ccc(-c4cnc([C@@H]5CCCN5C(=O)[C@H](Cc5ccncc5)NC(=O)O)[nH]4)cc3)cc2)[nH]1)C(C)C. The molecule has 57 heavy (non-hydrogen) atoms. The molecule has 2 saturated heterocycles. The third-order valence-corrected chi connectivity index (χ3v) is 10.8. The van der Waals surface area contributed by atoms with Crippen molar-refractivity contribution in [1.29, 1.82) is 0 Å². The highest BCUT2D eigenvalue weighted by Crippen LogP contribution is 2.35. The van der Waals surface area contributed by atoms with E-state index in [0.29, 0.717) is 24.7 Å². The number of aromatic amines is 2. The Bertz CT molecular complexity index is 2180. The smallest absolute Gasteiger partial charge is 0.407 e. The van der Waals surface area contributed by atoms with Gasteiger partial charge in [-0.3, -0.25) is 14.6 Å². The van der Waals surface area contributed by atoms with E-state index in [1.165, 1.54) is 7.11 Å². The van der Waals surface area contributed by atoms with Crippen molar-refractivity contribution in [3.05, 3.63) is 103 Å². The Labute approximate surface area is 330 Å². The molecule has 0 unspecified atom stereocenters. The quantitative estimate of drug-likeness (QED) is 0.0992. The van der Waals surface area contributed by atoms with E-state index in [0.717, 1.165) is 64.9 Å². The van der Waals surface area contributed by atoms with Crippen LogP contribution in [0.25, 0.3) is 33.6 Å². The second-order valence-corrected chi connectivity index (χ2v) is 14.8. The lowest BCUT2D eigenvalue weighted by atomic mass is 10.0. The number of pyridine rings is 1. The molecule has 15 heteroatoms. The fraction of sp³-hybridized carbons (Fsp3) is 0.357. The molecule has 7 rings (SSSR count). The number of likely N-dealkylation sites (tertiary alicyclic amines) is 2. The fourth-order valence-corrected chi connectivity index (χ4v) is 7.80. The summed E-state index contributed by atoms with van der Waals surface area (Å²) < 4.78 is 4.75. The maximum Gasteiger partial charge on any atom is 0.407 e. The number of rotatable bonds is 12. The van der Waals surface area contributed by atoms with Crippen molar-refractivity contribution in [3.8, 4) is 33.6 Å². The number of nitrogens with zero attached hydrogens (tertiary/aromatic N) is 5. The number of carbonyl (C=O) groups is 4. The first-order valence-corrected chi connectivity index (χ1v) is 19.2. The van der Waals surface area contributed by atoms with Crippen LogP contribution in [-0.2, 0) is 20.7 Å². The normalized spacial score (nSPS) is 17.7. The maximum atomic E-state index is 13.7. The minimum absolute atomic E-state index is 0.112. The number of ether oxygens (including phenoxy) is 1. The number of hydrogen-bond donors (Lipinski definition) is 5. The minimum Gasteiger partial charge on any atom is -0.465 e. The monoisotopic (exact) mass is 773 g/mol. The molecular weight excluding hydrogens is 727 g/mol. The maximum absolute atomic E-state index is 13.7. The number of hydrogen-bond acceptors (Lipinski definition) is 8. The highest BCUT2D eigenvalue weighted by molar-refractivity contribution is 5.87. The van der Waals surface area contributed by atoms with Crippen molar-refractivity contribution in [2.24, 2.45) is 5.92 Å². The highest BCUT2D eigenvalue weighted by atomic mass is 16.5. The summed E-state index contributed by atoms with van der Waals surface area (Å²) in [6.07, 6.45) is 8.26. The van der Waals surface area contributed by atoms with Crippen LogP contribution in [0.4, 0.5) is 9.59 Å². The predicted octanol–water partition coefficient (Wildman–Crippen LogP) is 6.12. The molecule has 2 fully saturated rings. The molecule has 4 amide bonds. The first kappa shape index (κ1) is 38.8. The largest absolute Gasteiger partial charge is 0.465 e. The summed E-state index contributed by atoms with van der Waals surface area (Å²) in [4.78, 5) is 74.5.